The highest BCUT2D eigenvalue weighted by Crippen LogP contribution is 2.39. The first kappa shape index (κ1) is 17.7. The summed E-state index contributed by atoms with van der Waals surface area (Å²) in [5.74, 6) is 1.58. The standard InChI is InChI=1S/C18H24N2O2S2/c21-17(7-2-1-6-16-10-11-23-24-16)19-14-4-3-5-15(12-14)20-18(22)13-8-9-13/h3-5,12-13,16H,1-2,6-11H2,(H,19,21)(H,20,22). The number of carbonyl (C=O) groups is 2. The van der Waals surface area contributed by atoms with E-state index in [-0.39, 0.29) is 17.7 Å². The molecule has 1 atom stereocenters. The molecular weight excluding hydrogens is 340 g/mol. The Bertz CT molecular complexity index is 584. The van der Waals surface area contributed by atoms with Crippen molar-refractivity contribution in [2.45, 2.75) is 50.2 Å². The third-order valence-electron chi connectivity index (χ3n) is 4.27. The predicted molar refractivity (Wildman–Crippen MR) is 103 cm³/mol. The summed E-state index contributed by atoms with van der Waals surface area (Å²) in [6.45, 7) is 0. The zero-order chi connectivity index (χ0) is 16.8. The highest BCUT2D eigenvalue weighted by molar-refractivity contribution is 8.77. The van der Waals surface area contributed by atoms with Crippen LogP contribution in [-0.4, -0.2) is 22.8 Å². The molecule has 1 aromatic rings. The molecule has 0 spiro atoms. The van der Waals surface area contributed by atoms with E-state index in [0.29, 0.717) is 6.42 Å². The van der Waals surface area contributed by atoms with Crippen molar-refractivity contribution in [2.24, 2.45) is 5.92 Å². The number of nitrogens with one attached hydrogen (secondary N) is 2. The summed E-state index contributed by atoms with van der Waals surface area (Å²) >= 11 is 0. The van der Waals surface area contributed by atoms with Gasteiger partial charge in [0.1, 0.15) is 0 Å². The van der Waals surface area contributed by atoms with Crippen LogP contribution in [0.4, 0.5) is 11.4 Å². The molecule has 1 heterocycles. The molecule has 1 saturated heterocycles. The number of amides is 2. The summed E-state index contributed by atoms with van der Waals surface area (Å²) in [4.78, 5) is 23.8. The van der Waals surface area contributed by atoms with Crippen LogP contribution in [0.3, 0.4) is 0 Å². The van der Waals surface area contributed by atoms with Crippen LogP contribution >= 0.6 is 21.6 Å². The van der Waals surface area contributed by atoms with Gasteiger partial charge in [-0.15, -0.1) is 0 Å². The van der Waals surface area contributed by atoms with Crippen LogP contribution in [0.15, 0.2) is 24.3 Å². The summed E-state index contributed by atoms with van der Waals surface area (Å²) in [5, 5.41) is 6.62. The van der Waals surface area contributed by atoms with E-state index in [0.717, 1.165) is 42.3 Å². The number of rotatable bonds is 8. The fourth-order valence-corrected chi connectivity index (χ4v) is 5.74. The van der Waals surface area contributed by atoms with Crippen molar-refractivity contribution in [2.75, 3.05) is 16.4 Å². The number of unbranched alkanes of at least 4 members (excludes halogenated alkanes) is 1. The molecule has 1 saturated carbocycles. The first-order valence-electron chi connectivity index (χ1n) is 8.70. The van der Waals surface area contributed by atoms with Gasteiger partial charge in [-0.25, -0.2) is 0 Å². The number of hydrogen-bond acceptors (Lipinski definition) is 4. The Balaban J connectivity index is 1.37. The SMILES string of the molecule is O=C(CCCCC1CCSS1)Nc1cccc(NC(=O)C2CC2)c1. The van der Waals surface area contributed by atoms with Gasteiger partial charge in [-0.05, 0) is 50.3 Å². The van der Waals surface area contributed by atoms with Crippen molar-refractivity contribution in [3.8, 4) is 0 Å². The summed E-state index contributed by atoms with van der Waals surface area (Å²) in [6, 6.07) is 7.39. The molecule has 6 heteroatoms. The zero-order valence-corrected chi connectivity index (χ0v) is 15.4. The predicted octanol–water partition coefficient (Wildman–Crippen LogP) is 4.69. The van der Waals surface area contributed by atoms with Gasteiger partial charge >= 0.3 is 0 Å². The lowest BCUT2D eigenvalue weighted by atomic mass is 10.1. The van der Waals surface area contributed by atoms with E-state index in [1.54, 1.807) is 0 Å². The monoisotopic (exact) mass is 364 g/mol. The molecule has 1 aliphatic heterocycles. The Morgan fingerprint density at radius 2 is 1.88 bits per heavy atom. The molecule has 1 aliphatic carbocycles. The lowest BCUT2D eigenvalue weighted by molar-refractivity contribution is -0.117. The van der Waals surface area contributed by atoms with Crippen LogP contribution in [-0.2, 0) is 9.59 Å². The molecule has 2 N–H and O–H groups in total. The molecule has 130 valence electrons. The Hall–Kier alpha value is -1.14. The van der Waals surface area contributed by atoms with Crippen molar-refractivity contribution in [3.63, 3.8) is 0 Å². The normalized spacial score (nSPS) is 19.9. The van der Waals surface area contributed by atoms with E-state index in [1.165, 1.54) is 18.6 Å². The van der Waals surface area contributed by atoms with E-state index in [2.05, 4.69) is 10.6 Å². The molecule has 2 fully saturated rings. The second kappa shape index (κ2) is 8.81. The molecule has 4 nitrogen and oxygen atoms in total. The van der Waals surface area contributed by atoms with E-state index in [4.69, 9.17) is 0 Å². The van der Waals surface area contributed by atoms with Crippen molar-refractivity contribution < 1.29 is 9.59 Å². The number of anilines is 2. The first-order valence-corrected chi connectivity index (χ1v) is 11.1. The van der Waals surface area contributed by atoms with E-state index in [9.17, 15) is 9.59 Å². The molecule has 2 aliphatic rings. The molecule has 24 heavy (non-hydrogen) atoms. The van der Waals surface area contributed by atoms with Crippen LogP contribution in [0.2, 0.25) is 0 Å². The fraction of sp³-hybridized carbons (Fsp3) is 0.556. The molecule has 2 amide bonds. The first-order chi connectivity index (χ1) is 11.7. The maximum atomic E-state index is 12.1. The molecule has 0 bridgehead atoms. The van der Waals surface area contributed by atoms with Gasteiger partial charge in [-0.3, -0.25) is 9.59 Å². The summed E-state index contributed by atoms with van der Waals surface area (Å²) in [7, 11) is 3.96. The highest BCUT2D eigenvalue weighted by Gasteiger charge is 2.29. The second-order valence-corrected chi connectivity index (χ2v) is 9.25. The lowest BCUT2D eigenvalue weighted by Gasteiger charge is -2.09. The molecule has 1 unspecified atom stereocenters. The van der Waals surface area contributed by atoms with Crippen LogP contribution in [0.25, 0.3) is 0 Å². The van der Waals surface area contributed by atoms with E-state index >= 15 is 0 Å². The van der Waals surface area contributed by atoms with Gasteiger partial charge in [0.2, 0.25) is 11.8 Å². The van der Waals surface area contributed by atoms with Gasteiger partial charge in [0.25, 0.3) is 0 Å². The van der Waals surface area contributed by atoms with E-state index in [1.807, 2.05) is 45.9 Å². The Labute approximate surface area is 151 Å². The van der Waals surface area contributed by atoms with E-state index < -0.39 is 0 Å². The minimum Gasteiger partial charge on any atom is -0.326 e. The maximum Gasteiger partial charge on any atom is 0.227 e. The molecule has 0 aromatic heterocycles. The van der Waals surface area contributed by atoms with Crippen molar-refractivity contribution >= 4 is 44.8 Å². The van der Waals surface area contributed by atoms with Gasteiger partial charge < -0.3 is 10.6 Å². The molecule has 3 rings (SSSR count). The Morgan fingerprint density at radius 3 is 2.58 bits per heavy atom. The minimum absolute atomic E-state index is 0.0501. The largest absolute Gasteiger partial charge is 0.326 e. The summed E-state index contributed by atoms with van der Waals surface area (Å²) in [6.07, 6.45) is 7.10. The van der Waals surface area contributed by atoms with Gasteiger partial charge in [-0.2, -0.15) is 0 Å². The molecule has 0 radical (unpaired) electrons. The number of benzene rings is 1. The third-order valence-corrected chi connectivity index (χ3v) is 7.28. The van der Waals surface area contributed by atoms with Crippen LogP contribution < -0.4 is 10.6 Å². The number of hydrogen-bond donors (Lipinski definition) is 2. The van der Waals surface area contributed by atoms with Crippen LogP contribution in [0.5, 0.6) is 0 Å². The number of carbonyl (C=O) groups excluding carboxylic acids is 2. The second-order valence-electron chi connectivity index (χ2n) is 6.47. The van der Waals surface area contributed by atoms with Crippen molar-refractivity contribution in [1.82, 2.24) is 0 Å². The van der Waals surface area contributed by atoms with Gasteiger partial charge in [0.05, 0.1) is 0 Å². The van der Waals surface area contributed by atoms with Crippen LogP contribution in [0, 0.1) is 5.92 Å². The van der Waals surface area contributed by atoms with Gasteiger partial charge in [0, 0.05) is 34.7 Å². The van der Waals surface area contributed by atoms with Gasteiger partial charge in [-0.1, -0.05) is 34.1 Å². The smallest absolute Gasteiger partial charge is 0.227 e. The molecular formula is C18H24N2O2S2. The lowest BCUT2D eigenvalue weighted by Crippen LogP contribution is -2.14. The van der Waals surface area contributed by atoms with Crippen LogP contribution in [0.1, 0.15) is 44.9 Å². The Morgan fingerprint density at radius 1 is 1.08 bits per heavy atom. The Kier molecular flexibility index (Phi) is 6.49. The van der Waals surface area contributed by atoms with Gasteiger partial charge in [0.15, 0.2) is 0 Å². The minimum atomic E-state index is 0.0501. The average Bonchev–Trinajstić information content (AvgIpc) is 3.29. The highest BCUT2D eigenvalue weighted by atomic mass is 33.1. The maximum absolute atomic E-state index is 12.1. The van der Waals surface area contributed by atoms with Crippen molar-refractivity contribution in [1.29, 1.82) is 0 Å². The third kappa shape index (κ3) is 5.74. The quantitative estimate of drug-likeness (QED) is 0.519. The summed E-state index contributed by atoms with van der Waals surface area (Å²) < 4.78 is 0. The fourth-order valence-electron chi connectivity index (χ4n) is 2.71. The zero-order valence-electron chi connectivity index (χ0n) is 13.8. The average molecular weight is 365 g/mol. The topological polar surface area (TPSA) is 58.2 Å². The molecule has 1 aromatic carbocycles. The van der Waals surface area contributed by atoms with Crippen molar-refractivity contribution in [3.05, 3.63) is 24.3 Å². The summed E-state index contributed by atoms with van der Waals surface area (Å²) in [5.41, 5.74) is 1.50.